The first-order valence-corrected chi connectivity index (χ1v) is 10.3. The molecule has 1 fully saturated rings. The number of rotatable bonds is 5. The van der Waals surface area contributed by atoms with E-state index in [1.165, 1.54) is 28.6 Å². The lowest BCUT2D eigenvalue weighted by molar-refractivity contribution is 0.0955. The average molecular weight is 385 g/mol. The van der Waals surface area contributed by atoms with Gasteiger partial charge in [-0.1, -0.05) is 23.8 Å². The Kier molecular flexibility index (Phi) is 5.72. The normalized spacial score (nSPS) is 15.3. The van der Waals surface area contributed by atoms with Gasteiger partial charge in [0.05, 0.1) is 11.1 Å². The molecule has 1 saturated heterocycles. The first-order valence-electron chi connectivity index (χ1n) is 8.89. The summed E-state index contributed by atoms with van der Waals surface area (Å²) in [5.41, 5.74) is 5.94. The van der Waals surface area contributed by atoms with Crippen LogP contribution in [0.1, 0.15) is 39.9 Å². The molecule has 1 heterocycles. The molecule has 7 heteroatoms. The van der Waals surface area contributed by atoms with Crippen molar-refractivity contribution in [3.63, 3.8) is 0 Å². The highest BCUT2D eigenvalue weighted by molar-refractivity contribution is 7.89. The van der Waals surface area contributed by atoms with E-state index in [9.17, 15) is 13.2 Å². The number of nitrogens with zero attached hydrogens (tertiary/aromatic N) is 2. The Morgan fingerprint density at radius 2 is 1.74 bits per heavy atom. The van der Waals surface area contributed by atoms with Crippen molar-refractivity contribution < 1.29 is 13.2 Å². The Morgan fingerprint density at radius 1 is 1.07 bits per heavy atom. The average Bonchev–Trinajstić information content (AvgIpc) is 3.20. The SMILES string of the molecule is Cc1ccc(C)c(/C=N\NC(=O)c2ccc(S(=O)(=O)N3CCCC3)cc2)c1. The van der Waals surface area contributed by atoms with Gasteiger partial charge in [0.25, 0.3) is 5.91 Å². The van der Waals surface area contributed by atoms with Gasteiger partial charge in [0, 0.05) is 18.7 Å². The summed E-state index contributed by atoms with van der Waals surface area (Å²) in [5, 5.41) is 4.00. The summed E-state index contributed by atoms with van der Waals surface area (Å²) in [5.74, 6) is -0.387. The van der Waals surface area contributed by atoms with E-state index in [4.69, 9.17) is 0 Å². The van der Waals surface area contributed by atoms with Crippen molar-refractivity contribution in [2.24, 2.45) is 5.10 Å². The molecule has 2 aromatic rings. The van der Waals surface area contributed by atoms with Gasteiger partial charge in [-0.2, -0.15) is 9.41 Å². The number of amides is 1. The zero-order chi connectivity index (χ0) is 19.4. The van der Waals surface area contributed by atoms with E-state index in [1.807, 2.05) is 32.0 Å². The minimum absolute atomic E-state index is 0.208. The Labute approximate surface area is 159 Å². The Bertz CT molecular complexity index is 960. The maximum atomic E-state index is 12.5. The zero-order valence-electron chi connectivity index (χ0n) is 15.5. The molecular weight excluding hydrogens is 362 g/mol. The Hall–Kier alpha value is -2.51. The molecule has 0 bridgehead atoms. The molecule has 1 aliphatic heterocycles. The lowest BCUT2D eigenvalue weighted by atomic mass is 10.1. The summed E-state index contributed by atoms with van der Waals surface area (Å²) in [6.45, 7) is 5.07. The molecule has 1 amide bonds. The molecule has 27 heavy (non-hydrogen) atoms. The van der Waals surface area contributed by atoms with Crippen LogP contribution in [0.4, 0.5) is 0 Å². The van der Waals surface area contributed by atoms with Gasteiger partial charge in [-0.05, 0) is 62.1 Å². The smallest absolute Gasteiger partial charge is 0.267 e. The monoisotopic (exact) mass is 385 g/mol. The first kappa shape index (κ1) is 19.3. The fourth-order valence-corrected chi connectivity index (χ4v) is 4.50. The molecule has 0 aliphatic carbocycles. The number of nitrogens with one attached hydrogen (secondary N) is 1. The number of benzene rings is 2. The number of sulfonamides is 1. The van der Waals surface area contributed by atoms with Crippen LogP contribution in [0.15, 0.2) is 52.5 Å². The van der Waals surface area contributed by atoms with Crippen molar-refractivity contribution in [1.82, 2.24) is 9.73 Å². The largest absolute Gasteiger partial charge is 0.271 e. The van der Waals surface area contributed by atoms with Crippen molar-refractivity contribution in [2.75, 3.05) is 13.1 Å². The van der Waals surface area contributed by atoms with Gasteiger partial charge in [-0.25, -0.2) is 13.8 Å². The van der Waals surface area contributed by atoms with Gasteiger partial charge in [-0.15, -0.1) is 0 Å². The molecule has 6 nitrogen and oxygen atoms in total. The number of hydrogen-bond acceptors (Lipinski definition) is 4. The second-order valence-corrected chi connectivity index (χ2v) is 8.63. The predicted octanol–water partition coefficient (Wildman–Crippen LogP) is 2.85. The van der Waals surface area contributed by atoms with Crippen molar-refractivity contribution in [3.8, 4) is 0 Å². The molecule has 0 aromatic heterocycles. The number of carbonyl (C=O) groups is 1. The highest BCUT2D eigenvalue weighted by Crippen LogP contribution is 2.21. The molecule has 0 saturated carbocycles. The molecule has 0 radical (unpaired) electrons. The molecular formula is C20H23N3O3S. The standard InChI is InChI=1S/C20H23N3O3S/c1-15-5-6-16(2)18(13-15)14-21-22-20(24)17-7-9-19(10-8-17)27(25,26)23-11-3-4-12-23/h5-10,13-14H,3-4,11-12H2,1-2H3,(H,22,24)/b21-14-. The second kappa shape index (κ2) is 8.02. The lowest BCUT2D eigenvalue weighted by Gasteiger charge is -2.15. The quantitative estimate of drug-likeness (QED) is 0.635. The van der Waals surface area contributed by atoms with Crippen LogP contribution in [0.25, 0.3) is 0 Å². The molecule has 0 spiro atoms. The minimum atomic E-state index is -3.47. The van der Waals surface area contributed by atoms with E-state index < -0.39 is 10.0 Å². The van der Waals surface area contributed by atoms with Crippen LogP contribution in [-0.2, 0) is 10.0 Å². The topological polar surface area (TPSA) is 78.8 Å². The summed E-state index contributed by atoms with van der Waals surface area (Å²) in [6.07, 6.45) is 3.38. The van der Waals surface area contributed by atoms with Crippen LogP contribution in [0.3, 0.4) is 0 Å². The Morgan fingerprint density at radius 3 is 2.41 bits per heavy atom. The molecule has 0 unspecified atom stereocenters. The van der Waals surface area contributed by atoms with Crippen LogP contribution < -0.4 is 5.43 Å². The maximum Gasteiger partial charge on any atom is 0.271 e. The van der Waals surface area contributed by atoms with Crippen molar-refractivity contribution >= 4 is 22.1 Å². The van der Waals surface area contributed by atoms with E-state index in [2.05, 4.69) is 10.5 Å². The van der Waals surface area contributed by atoms with Crippen molar-refractivity contribution in [2.45, 2.75) is 31.6 Å². The highest BCUT2D eigenvalue weighted by Gasteiger charge is 2.27. The lowest BCUT2D eigenvalue weighted by Crippen LogP contribution is -2.28. The number of carbonyl (C=O) groups excluding carboxylic acids is 1. The van der Waals surface area contributed by atoms with Gasteiger partial charge in [-0.3, -0.25) is 4.79 Å². The van der Waals surface area contributed by atoms with Gasteiger partial charge in [0.1, 0.15) is 0 Å². The van der Waals surface area contributed by atoms with E-state index in [0.717, 1.165) is 29.5 Å². The fourth-order valence-electron chi connectivity index (χ4n) is 2.98. The van der Waals surface area contributed by atoms with Gasteiger partial charge < -0.3 is 0 Å². The summed E-state index contributed by atoms with van der Waals surface area (Å²) in [6, 6.07) is 12.0. The first-order chi connectivity index (χ1) is 12.9. The molecule has 3 rings (SSSR count). The summed E-state index contributed by atoms with van der Waals surface area (Å²) in [7, 11) is -3.47. The third-order valence-electron chi connectivity index (χ3n) is 4.62. The molecule has 2 aromatic carbocycles. The number of hydrazone groups is 1. The zero-order valence-corrected chi connectivity index (χ0v) is 16.3. The molecule has 1 aliphatic rings. The third-order valence-corrected chi connectivity index (χ3v) is 6.54. The van der Waals surface area contributed by atoms with Crippen molar-refractivity contribution in [1.29, 1.82) is 0 Å². The van der Waals surface area contributed by atoms with E-state index in [1.54, 1.807) is 6.21 Å². The van der Waals surface area contributed by atoms with E-state index >= 15 is 0 Å². The van der Waals surface area contributed by atoms with Crippen LogP contribution >= 0.6 is 0 Å². The summed E-state index contributed by atoms with van der Waals surface area (Å²) >= 11 is 0. The van der Waals surface area contributed by atoms with Crippen LogP contribution in [0.5, 0.6) is 0 Å². The summed E-state index contributed by atoms with van der Waals surface area (Å²) in [4.78, 5) is 12.4. The maximum absolute atomic E-state index is 12.5. The number of aryl methyl sites for hydroxylation is 2. The number of hydrogen-bond donors (Lipinski definition) is 1. The van der Waals surface area contributed by atoms with Crippen molar-refractivity contribution in [3.05, 3.63) is 64.7 Å². The van der Waals surface area contributed by atoms with Gasteiger partial charge >= 0.3 is 0 Å². The predicted molar refractivity (Wildman–Crippen MR) is 105 cm³/mol. The molecule has 0 atom stereocenters. The van der Waals surface area contributed by atoms with Crippen LogP contribution in [-0.4, -0.2) is 37.9 Å². The second-order valence-electron chi connectivity index (χ2n) is 6.69. The molecule has 1 N–H and O–H groups in total. The minimum Gasteiger partial charge on any atom is -0.267 e. The summed E-state index contributed by atoms with van der Waals surface area (Å²) < 4.78 is 26.5. The van der Waals surface area contributed by atoms with Crippen LogP contribution in [0, 0.1) is 13.8 Å². The van der Waals surface area contributed by atoms with E-state index in [0.29, 0.717) is 18.7 Å². The van der Waals surface area contributed by atoms with E-state index in [-0.39, 0.29) is 10.8 Å². The highest BCUT2D eigenvalue weighted by atomic mass is 32.2. The van der Waals surface area contributed by atoms with Gasteiger partial charge in [0.15, 0.2) is 0 Å². The third kappa shape index (κ3) is 4.43. The molecule has 142 valence electrons. The Balaban J connectivity index is 1.67. The van der Waals surface area contributed by atoms with Crippen LogP contribution in [0.2, 0.25) is 0 Å². The fraction of sp³-hybridized carbons (Fsp3) is 0.300. The van der Waals surface area contributed by atoms with Gasteiger partial charge in [0.2, 0.25) is 10.0 Å².